The summed E-state index contributed by atoms with van der Waals surface area (Å²) in [5.41, 5.74) is 2.56. The van der Waals surface area contributed by atoms with Gasteiger partial charge in [0.15, 0.2) is 0 Å². The van der Waals surface area contributed by atoms with Crippen molar-refractivity contribution in [3.63, 3.8) is 0 Å². The Morgan fingerprint density at radius 2 is 1.91 bits per heavy atom. The fourth-order valence-electron chi connectivity index (χ4n) is 2.56. The minimum Gasteiger partial charge on any atom is -0.284 e. The van der Waals surface area contributed by atoms with E-state index >= 15 is 0 Å². The van der Waals surface area contributed by atoms with E-state index in [0.717, 1.165) is 15.5 Å². The molecule has 0 atom stereocenters. The highest BCUT2D eigenvalue weighted by atomic mass is 79.9. The van der Waals surface area contributed by atoms with E-state index in [-0.39, 0.29) is 6.67 Å². The maximum atomic E-state index is 12.2. The van der Waals surface area contributed by atoms with Gasteiger partial charge in [0.25, 0.3) is 5.78 Å². The Balaban J connectivity index is 1.79. The van der Waals surface area contributed by atoms with Gasteiger partial charge in [0, 0.05) is 4.47 Å². The summed E-state index contributed by atoms with van der Waals surface area (Å²) in [5, 5.41) is 8.12. The summed E-state index contributed by atoms with van der Waals surface area (Å²) < 4.78 is 2.42. The van der Waals surface area contributed by atoms with Gasteiger partial charge in [-0.3, -0.25) is 14.5 Å². The van der Waals surface area contributed by atoms with E-state index < -0.39 is 11.7 Å². The first kappa shape index (κ1) is 13.1. The third kappa shape index (κ3) is 1.86. The van der Waals surface area contributed by atoms with E-state index in [1.165, 1.54) is 4.90 Å². The van der Waals surface area contributed by atoms with Gasteiger partial charge < -0.3 is 0 Å². The van der Waals surface area contributed by atoms with Gasteiger partial charge >= 0.3 is 5.91 Å². The molecule has 2 heterocycles. The van der Waals surface area contributed by atoms with Gasteiger partial charge in [-0.05, 0) is 30.3 Å². The number of hydrogen-bond acceptors (Lipinski definition) is 4. The van der Waals surface area contributed by atoms with Crippen LogP contribution in [0.5, 0.6) is 0 Å². The number of fused-ring (bicyclic) bond motifs is 2. The summed E-state index contributed by atoms with van der Waals surface area (Å²) in [7, 11) is 0. The van der Waals surface area contributed by atoms with E-state index in [0.29, 0.717) is 11.3 Å². The summed E-state index contributed by atoms with van der Waals surface area (Å²) in [6.07, 6.45) is 0. The molecule has 22 heavy (non-hydrogen) atoms. The van der Waals surface area contributed by atoms with Crippen LogP contribution < -0.4 is 4.90 Å². The Morgan fingerprint density at radius 1 is 1.09 bits per heavy atom. The normalized spacial score (nSPS) is 14.0. The highest BCUT2D eigenvalue weighted by Gasteiger charge is 2.36. The number of amides is 1. The zero-order valence-electron chi connectivity index (χ0n) is 11.2. The molecule has 1 aliphatic rings. The average Bonchev–Trinajstić information content (AvgIpc) is 3.03. The van der Waals surface area contributed by atoms with Gasteiger partial charge in [-0.2, -0.15) is 0 Å². The summed E-state index contributed by atoms with van der Waals surface area (Å²) in [5.74, 6) is -1.04. The minimum atomic E-state index is -0.548. The summed E-state index contributed by atoms with van der Waals surface area (Å²) in [6.45, 7) is 0.147. The Hall–Kier alpha value is -2.54. The fourth-order valence-corrected chi connectivity index (χ4v) is 2.91. The summed E-state index contributed by atoms with van der Waals surface area (Å²) >= 11 is 3.37. The molecule has 0 N–H and O–H groups in total. The van der Waals surface area contributed by atoms with Crippen molar-refractivity contribution in [2.45, 2.75) is 6.67 Å². The highest BCUT2D eigenvalue weighted by Crippen LogP contribution is 2.32. The Kier molecular flexibility index (Phi) is 2.83. The predicted octanol–water partition coefficient (Wildman–Crippen LogP) is 2.38. The lowest BCUT2D eigenvalue weighted by Gasteiger charge is -2.16. The molecule has 2 aromatic carbocycles. The maximum absolute atomic E-state index is 12.2. The molecule has 0 saturated heterocycles. The monoisotopic (exact) mass is 356 g/mol. The van der Waals surface area contributed by atoms with E-state index in [1.54, 1.807) is 22.9 Å². The molecule has 0 saturated carbocycles. The van der Waals surface area contributed by atoms with Crippen LogP contribution in [0, 0.1) is 0 Å². The lowest BCUT2D eigenvalue weighted by molar-refractivity contribution is -0.114. The van der Waals surface area contributed by atoms with Crippen LogP contribution in [-0.4, -0.2) is 26.7 Å². The second-order valence-corrected chi connectivity index (χ2v) is 5.86. The van der Waals surface area contributed by atoms with Crippen LogP contribution in [0.3, 0.4) is 0 Å². The van der Waals surface area contributed by atoms with Gasteiger partial charge in [-0.15, -0.1) is 5.10 Å². The van der Waals surface area contributed by atoms with Crippen LogP contribution in [0.15, 0.2) is 46.9 Å². The van der Waals surface area contributed by atoms with Gasteiger partial charge in [-0.1, -0.05) is 33.3 Å². The van der Waals surface area contributed by atoms with Crippen molar-refractivity contribution in [1.29, 1.82) is 0 Å². The molecular formula is C15H9BrN4O2. The number of halogens is 1. The van der Waals surface area contributed by atoms with E-state index in [1.807, 2.05) is 24.3 Å². The van der Waals surface area contributed by atoms with Gasteiger partial charge in [-0.25, -0.2) is 4.68 Å². The van der Waals surface area contributed by atoms with Crippen molar-refractivity contribution >= 4 is 44.3 Å². The van der Waals surface area contributed by atoms with Crippen molar-refractivity contribution in [3.8, 4) is 0 Å². The molecule has 0 radical (unpaired) electrons. The predicted molar refractivity (Wildman–Crippen MR) is 83.5 cm³/mol. The molecule has 1 aliphatic heterocycles. The molecule has 0 aliphatic carbocycles. The van der Waals surface area contributed by atoms with Crippen LogP contribution in [0.4, 0.5) is 5.69 Å². The summed E-state index contributed by atoms with van der Waals surface area (Å²) in [4.78, 5) is 25.7. The number of para-hydroxylation sites is 1. The Morgan fingerprint density at radius 3 is 2.77 bits per heavy atom. The minimum absolute atomic E-state index is 0.147. The molecule has 1 amide bonds. The molecule has 0 spiro atoms. The molecule has 7 heteroatoms. The van der Waals surface area contributed by atoms with E-state index in [2.05, 4.69) is 26.2 Å². The number of Topliss-reactive ketones (excluding diaryl/α,β-unsaturated/α-hetero) is 1. The third-order valence-corrected chi connectivity index (χ3v) is 4.12. The molecule has 108 valence electrons. The zero-order valence-corrected chi connectivity index (χ0v) is 12.8. The van der Waals surface area contributed by atoms with Crippen LogP contribution in [0.25, 0.3) is 11.0 Å². The molecule has 0 unspecified atom stereocenters. The quantitative estimate of drug-likeness (QED) is 0.661. The number of carbonyl (C=O) groups excluding carboxylic acids is 2. The van der Waals surface area contributed by atoms with Crippen LogP contribution >= 0.6 is 15.9 Å². The highest BCUT2D eigenvalue weighted by molar-refractivity contribution is 9.10. The van der Waals surface area contributed by atoms with Crippen LogP contribution in [0.2, 0.25) is 0 Å². The standard InChI is InChI=1S/C15H9BrN4O2/c16-9-5-6-10-13(7-9)19(15(22)14(10)21)8-20-12-4-2-1-3-11(12)17-18-20/h1-7H,8H2. The van der Waals surface area contributed by atoms with Crippen molar-refractivity contribution < 1.29 is 9.59 Å². The SMILES string of the molecule is O=C1C(=O)N(Cn2nnc3ccccc32)c2cc(Br)ccc21. The molecule has 3 aromatic rings. The van der Waals surface area contributed by atoms with Crippen LogP contribution in [-0.2, 0) is 11.5 Å². The number of benzene rings is 2. The molecule has 1 aromatic heterocycles. The third-order valence-electron chi connectivity index (χ3n) is 3.63. The first-order chi connectivity index (χ1) is 10.6. The first-order valence-electron chi connectivity index (χ1n) is 6.59. The van der Waals surface area contributed by atoms with E-state index in [9.17, 15) is 9.59 Å². The number of aromatic nitrogens is 3. The van der Waals surface area contributed by atoms with Crippen molar-refractivity contribution in [2.24, 2.45) is 0 Å². The number of ketones is 1. The Labute approximate surface area is 133 Å². The second kappa shape index (κ2) is 4.74. The van der Waals surface area contributed by atoms with Crippen molar-refractivity contribution in [1.82, 2.24) is 15.0 Å². The number of anilines is 1. The summed E-state index contributed by atoms with van der Waals surface area (Å²) in [6, 6.07) is 12.6. The molecular weight excluding hydrogens is 348 g/mol. The largest absolute Gasteiger partial charge is 0.301 e. The van der Waals surface area contributed by atoms with Gasteiger partial charge in [0.05, 0.1) is 16.8 Å². The van der Waals surface area contributed by atoms with E-state index in [4.69, 9.17) is 0 Å². The van der Waals surface area contributed by atoms with Crippen molar-refractivity contribution in [2.75, 3.05) is 4.90 Å². The van der Waals surface area contributed by atoms with Crippen molar-refractivity contribution in [3.05, 3.63) is 52.5 Å². The molecule has 6 nitrogen and oxygen atoms in total. The zero-order chi connectivity index (χ0) is 15.3. The fraction of sp³-hybridized carbons (Fsp3) is 0.0667. The number of rotatable bonds is 2. The van der Waals surface area contributed by atoms with Gasteiger partial charge in [0.2, 0.25) is 0 Å². The lowest BCUT2D eigenvalue weighted by Crippen LogP contribution is -2.32. The molecule has 0 fully saturated rings. The topological polar surface area (TPSA) is 68.1 Å². The lowest BCUT2D eigenvalue weighted by atomic mass is 10.1. The molecule has 0 bridgehead atoms. The first-order valence-corrected chi connectivity index (χ1v) is 7.38. The maximum Gasteiger partial charge on any atom is 0.301 e. The Bertz CT molecular complexity index is 934. The number of carbonyl (C=O) groups is 2. The van der Waals surface area contributed by atoms with Gasteiger partial charge in [0.1, 0.15) is 12.2 Å². The average molecular weight is 357 g/mol. The van der Waals surface area contributed by atoms with Crippen LogP contribution in [0.1, 0.15) is 10.4 Å². The number of nitrogens with zero attached hydrogens (tertiary/aromatic N) is 4. The molecule has 4 rings (SSSR count). The smallest absolute Gasteiger partial charge is 0.284 e. The second-order valence-electron chi connectivity index (χ2n) is 4.94. The number of hydrogen-bond donors (Lipinski definition) is 0.